The minimum absolute atomic E-state index is 0. The average Bonchev–Trinajstić information content (AvgIpc) is 1.27. The normalized spacial score (nSPS) is 7.50. The Kier molecular flexibility index (Phi) is 8.61. The van der Waals surface area contributed by atoms with Crippen molar-refractivity contribution >= 4 is 40.8 Å². The van der Waals surface area contributed by atoms with Crippen LogP contribution in [0.2, 0.25) is 0 Å². The molecule has 8 heteroatoms. The van der Waals surface area contributed by atoms with Crippen molar-refractivity contribution in [1.29, 1.82) is 0 Å². The SMILES string of the molecule is [Bi].[O-]B([O-])OB([O-])[O-]. The summed E-state index contributed by atoms with van der Waals surface area (Å²) in [6.07, 6.45) is 0. The second kappa shape index (κ2) is 5.94. The van der Waals surface area contributed by atoms with E-state index in [2.05, 4.69) is 4.57 Å². The zero-order valence-electron chi connectivity index (χ0n) is 3.64. The third kappa shape index (κ3) is 9.94. The first-order valence-electron chi connectivity index (χ1n) is 1.41. The van der Waals surface area contributed by atoms with Crippen molar-refractivity contribution in [2.45, 2.75) is 0 Å². The van der Waals surface area contributed by atoms with Gasteiger partial charge in [0, 0.05) is 40.8 Å². The van der Waals surface area contributed by atoms with Crippen molar-refractivity contribution in [3.8, 4) is 0 Å². The third-order valence-corrected chi connectivity index (χ3v) is 0.222. The molecule has 0 saturated carbocycles. The van der Waals surface area contributed by atoms with Crippen LogP contribution in [0.25, 0.3) is 0 Å². The van der Waals surface area contributed by atoms with Gasteiger partial charge in [0.2, 0.25) is 0 Å². The molecule has 8 heavy (non-hydrogen) atoms. The minimum atomic E-state index is -2.75. The maximum absolute atomic E-state index is 9.16. The molecule has 45 valence electrons. The molecule has 0 heterocycles. The van der Waals surface area contributed by atoms with E-state index >= 15 is 0 Å². The fourth-order valence-electron chi connectivity index (χ4n) is 0.0907. The first kappa shape index (κ1) is 11.6. The maximum atomic E-state index is 9.16. The van der Waals surface area contributed by atoms with Crippen LogP contribution in [-0.2, 0) is 4.57 Å². The Balaban J connectivity index is 0. The smallest absolute Gasteiger partial charge is 0.0280 e. The van der Waals surface area contributed by atoms with E-state index in [-0.39, 0.29) is 26.2 Å². The van der Waals surface area contributed by atoms with Crippen LogP contribution in [-0.4, -0.2) is 40.8 Å². The summed E-state index contributed by atoms with van der Waals surface area (Å²) in [7, 11) is -5.50. The van der Waals surface area contributed by atoms with Crippen molar-refractivity contribution < 1.29 is 24.7 Å². The molecule has 0 aromatic rings. The molecule has 0 aliphatic heterocycles. The summed E-state index contributed by atoms with van der Waals surface area (Å²) in [5.74, 6) is 0. The van der Waals surface area contributed by atoms with Crippen molar-refractivity contribution in [2.24, 2.45) is 0 Å². The summed E-state index contributed by atoms with van der Waals surface area (Å²) in [5.41, 5.74) is 0. The monoisotopic (exact) mass is 311 g/mol. The van der Waals surface area contributed by atoms with Crippen molar-refractivity contribution in [2.75, 3.05) is 0 Å². The van der Waals surface area contributed by atoms with Crippen LogP contribution in [0.1, 0.15) is 0 Å². The van der Waals surface area contributed by atoms with Crippen LogP contribution in [0, 0.1) is 0 Å². The quantitative estimate of drug-likeness (QED) is 0.473. The Morgan fingerprint density at radius 2 is 1.12 bits per heavy atom. The molecule has 0 saturated heterocycles. The Morgan fingerprint density at radius 1 is 0.875 bits per heavy atom. The van der Waals surface area contributed by atoms with Crippen LogP contribution < -0.4 is 20.1 Å². The summed E-state index contributed by atoms with van der Waals surface area (Å²) >= 11 is 0. The molecule has 3 radical (unpaired) electrons. The molecule has 0 atom stereocenters. The summed E-state index contributed by atoms with van der Waals surface area (Å²) < 4.78 is 3.03. The van der Waals surface area contributed by atoms with E-state index < -0.39 is 14.6 Å². The van der Waals surface area contributed by atoms with Crippen LogP contribution >= 0.6 is 0 Å². The molecule has 0 unspecified atom stereocenters. The molecular weight excluding hydrogens is 311 g/mol. The topological polar surface area (TPSA) is 101 Å². The number of hydrogen-bond donors (Lipinski definition) is 0. The molecule has 0 rings (SSSR count). The van der Waals surface area contributed by atoms with Crippen LogP contribution in [0.4, 0.5) is 0 Å². The van der Waals surface area contributed by atoms with Gasteiger partial charge in [0.1, 0.15) is 0 Å². The molecule has 0 spiro atoms. The zero-order valence-corrected chi connectivity index (χ0v) is 7.12. The van der Waals surface area contributed by atoms with E-state index in [4.69, 9.17) is 20.1 Å². The first-order chi connectivity index (χ1) is 3.13. The number of rotatable bonds is 2. The summed E-state index contributed by atoms with van der Waals surface area (Å²) in [4.78, 5) is 0. The average molecular weight is 311 g/mol. The van der Waals surface area contributed by atoms with E-state index in [9.17, 15) is 0 Å². The molecule has 0 aliphatic rings. The molecule has 0 N–H and O–H groups in total. The predicted molar refractivity (Wildman–Crippen MR) is 18.3 cm³/mol. The Labute approximate surface area is 65.8 Å². The molecular formula is B2BiO5-4. The van der Waals surface area contributed by atoms with Crippen molar-refractivity contribution in [1.82, 2.24) is 0 Å². The maximum Gasteiger partial charge on any atom is 0.0280 e. The standard InChI is InChI=1S/B2O5.Bi/c3-1(4)7-2(5)6;/q-4;. The van der Waals surface area contributed by atoms with E-state index in [0.717, 1.165) is 0 Å². The van der Waals surface area contributed by atoms with Gasteiger partial charge in [0.15, 0.2) is 0 Å². The second-order valence-corrected chi connectivity index (χ2v) is 0.713. The Morgan fingerprint density at radius 3 is 1.12 bits per heavy atom. The van der Waals surface area contributed by atoms with Gasteiger partial charge in [-0.1, -0.05) is 0 Å². The van der Waals surface area contributed by atoms with Crippen molar-refractivity contribution in [3.63, 3.8) is 0 Å². The predicted octanol–water partition coefficient (Wildman–Crippen LogP) is -5.97. The molecule has 0 bridgehead atoms. The van der Waals surface area contributed by atoms with Crippen molar-refractivity contribution in [3.05, 3.63) is 0 Å². The molecule has 0 amide bonds. The molecule has 0 fully saturated rings. The van der Waals surface area contributed by atoms with Gasteiger partial charge in [-0.15, -0.1) is 0 Å². The second-order valence-electron chi connectivity index (χ2n) is 0.713. The van der Waals surface area contributed by atoms with E-state index in [0.29, 0.717) is 0 Å². The van der Waals surface area contributed by atoms with E-state index in [1.54, 1.807) is 0 Å². The van der Waals surface area contributed by atoms with Crippen LogP contribution in [0.15, 0.2) is 0 Å². The molecule has 0 aromatic heterocycles. The van der Waals surface area contributed by atoms with Gasteiger partial charge in [-0.25, -0.2) is 0 Å². The van der Waals surface area contributed by atoms with E-state index in [1.807, 2.05) is 0 Å². The summed E-state index contributed by atoms with van der Waals surface area (Å²) in [6.45, 7) is 0. The van der Waals surface area contributed by atoms with Crippen LogP contribution in [0.5, 0.6) is 0 Å². The van der Waals surface area contributed by atoms with Gasteiger partial charge in [0.05, 0.1) is 0 Å². The van der Waals surface area contributed by atoms with Gasteiger partial charge in [0.25, 0.3) is 0 Å². The molecule has 0 aromatic carbocycles. The van der Waals surface area contributed by atoms with Crippen LogP contribution in [0.3, 0.4) is 0 Å². The molecule has 0 aliphatic carbocycles. The van der Waals surface area contributed by atoms with E-state index in [1.165, 1.54) is 0 Å². The summed E-state index contributed by atoms with van der Waals surface area (Å²) in [6, 6.07) is 0. The fraction of sp³-hybridized carbons (Fsp3) is 0. The van der Waals surface area contributed by atoms with Gasteiger partial charge in [-0.2, -0.15) is 0 Å². The minimum Gasteiger partial charge on any atom is -0.872 e. The first-order valence-corrected chi connectivity index (χ1v) is 1.41. The zero-order chi connectivity index (χ0) is 5.86. The largest absolute Gasteiger partial charge is 0.872 e. The van der Waals surface area contributed by atoms with Gasteiger partial charge < -0.3 is 24.7 Å². The Hall–Kier alpha value is 0.813. The third-order valence-electron chi connectivity index (χ3n) is 0.222. The van der Waals surface area contributed by atoms with Gasteiger partial charge in [-0.05, 0) is 0 Å². The Bertz CT molecular complexity index is 39.7. The van der Waals surface area contributed by atoms with Gasteiger partial charge in [-0.3, -0.25) is 0 Å². The molecule has 5 nitrogen and oxygen atoms in total. The number of hydrogen-bond acceptors (Lipinski definition) is 5. The fourth-order valence-corrected chi connectivity index (χ4v) is 0.0907. The van der Waals surface area contributed by atoms with Gasteiger partial charge >= 0.3 is 0 Å². The summed E-state index contributed by atoms with van der Waals surface area (Å²) in [5, 5.41) is 36.6.